The zero-order valence-electron chi connectivity index (χ0n) is 16.2. The summed E-state index contributed by atoms with van der Waals surface area (Å²) in [5, 5.41) is 5.66. The van der Waals surface area contributed by atoms with Gasteiger partial charge in [0.15, 0.2) is 0 Å². The second-order valence-electron chi connectivity index (χ2n) is 6.49. The van der Waals surface area contributed by atoms with Gasteiger partial charge in [-0.3, -0.25) is 14.4 Å². The number of aromatic amines is 1. The highest BCUT2D eigenvalue weighted by Gasteiger charge is 2.13. The second-order valence-corrected chi connectivity index (χ2v) is 6.49. The Hall–Kier alpha value is -3.45. The molecule has 3 aromatic rings. The van der Waals surface area contributed by atoms with Crippen molar-refractivity contribution in [3.8, 4) is 0 Å². The Bertz CT molecular complexity index is 1060. The van der Waals surface area contributed by atoms with Crippen molar-refractivity contribution in [1.29, 1.82) is 0 Å². The molecule has 0 atom stereocenters. The van der Waals surface area contributed by atoms with E-state index in [2.05, 4.69) is 15.6 Å². The number of hydrogen-bond acceptors (Lipinski definition) is 4. The third-order valence-corrected chi connectivity index (χ3v) is 4.43. The molecule has 3 N–H and O–H groups in total. The minimum absolute atomic E-state index is 0.0265. The summed E-state index contributed by atoms with van der Waals surface area (Å²) >= 11 is 0. The second kappa shape index (κ2) is 9.66. The Morgan fingerprint density at radius 3 is 2.48 bits per heavy atom. The number of amides is 2. The molecule has 0 fully saturated rings. The number of carbonyl (C=O) groups excluding carboxylic acids is 2. The van der Waals surface area contributed by atoms with Crippen molar-refractivity contribution >= 4 is 22.7 Å². The molecule has 0 radical (unpaired) electrons. The molecule has 1 aromatic heterocycles. The van der Waals surface area contributed by atoms with E-state index < -0.39 is 5.91 Å². The monoisotopic (exact) mass is 393 g/mol. The molecule has 0 aliphatic heterocycles. The van der Waals surface area contributed by atoms with Crippen LogP contribution in [0.4, 0.5) is 0 Å². The van der Waals surface area contributed by atoms with Gasteiger partial charge in [-0.15, -0.1) is 0 Å². The van der Waals surface area contributed by atoms with E-state index >= 15 is 0 Å². The van der Waals surface area contributed by atoms with Crippen LogP contribution in [0.2, 0.25) is 0 Å². The summed E-state index contributed by atoms with van der Waals surface area (Å²) < 4.78 is 5.35. The standard InChI is InChI=1S/C22H23N3O4/c1-2-29-14-16-9-7-15(8-10-16)11-24-20(26)13-25-22(28)18-12-23-19-6-4-3-5-17(19)21(18)27/h3-10,12H,2,11,13-14H2,1H3,(H,23,27)(H,24,26)(H,25,28). The largest absolute Gasteiger partial charge is 0.377 e. The molecule has 0 bridgehead atoms. The van der Waals surface area contributed by atoms with Gasteiger partial charge in [0.25, 0.3) is 5.91 Å². The molecule has 7 nitrogen and oxygen atoms in total. The van der Waals surface area contributed by atoms with Crippen molar-refractivity contribution in [3.63, 3.8) is 0 Å². The summed E-state index contributed by atoms with van der Waals surface area (Å²) in [5.74, 6) is -0.929. The van der Waals surface area contributed by atoms with Crippen LogP contribution in [0.15, 0.2) is 59.5 Å². The summed E-state index contributed by atoms with van der Waals surface area (Å²) in [6.45, 7) is 3.30. The number of hydrogen-bond donors (Lipinski definition) is 3. The van der Waals surface area contributed by atoms with Crippen molar-refractivity contribution in [2.24, 2.45) is 0 Å². The zero-order valence-corrected chi connectivity index (χ0v) is 16.2. The maximum Gasteiger partial charge on any atom is 0.257 e. The first-order valence-corrected chi connectivity index (χ1v) is 9.39. The molecule has 2 aromatic carbocycles. The van der Waals surface area contributed by atoms with Gasteiger partial charge < -0.3 is 20.4 Å². The van der Waals surface area contributed by atoms with E-state index in [1.807, 2.05) is 31.2 Å². The van der Waals surface area contributed by atoms with Crippen LogP contribution < -0.4 is 16.1 Å². The van der Waals surface area contributed by atoms with Crippen molar-refractivity contribution in [2.75, 3.05) is 13.2 Å². The molecule has 0 spiro atoms. The lowest BCUT2D eigenvalue weighted by molar-refractivity contribution is -0.120. The van der Waals surface area contributed by atoms with Gasteiger partial charge in [0.2, 0.25) is 11.3 Å². The number of benzene rings is 2. The highest BCUT2D eigenvalue weighted by atomic mass is 16.5. The summed E-state index contributed by atoms with van der Waals surface area (Å²) in [6.07, 6.45) is 1.36. The fraction of sp³-hybridized carbons (Fsp3) is 0.227. The smallest absolute Gasteiger partial charge is 0.257 e. The predicted molar refractivity (Wildman–Crippen MR) is 111 cm³/mol. The van der Waals surface area contributed by atoms with E-state index in [1.54, 1.807) is 24.3 Å². The van der Waals surface area contributed by atoms with E-state index in [-0.39, 0.29) is 23.4 Å². The van der Waals surface area contributed by atoms with E-state index in [0.717, 1.165) is 11.1 Å². The number of rotatable bonds is 8. The molecule has 150 valence electrons. The molecule has 0 aliphatic rings. The number of H-pyrrole nitrogens is 1. The molecular formula is C22H23N3O4. The maximum absolute atomic E-state index is 12.4. The number of aromatic nitrogens is 1. The first-order chi connectivity index (χ1) is 14.1. The lowest BCUT2D eigenvalue weighted by Crippen LogP contribution is -2.38. The average molecular weight is 393 g/mol. The van der Waals surface area contributed by atoms with Crippen LogP contribution in [0.25, 0.3) is 10.9 Å². The van der Waals surface area contributed by atoms with Gasteiger partial charge in [-0.1, -0.05) is 36.4 Å². The van der Waals surface area contributed by atoms with Gasteiger partial charge in [-0.25, -0.2) is 0 Å². The number of carbonyl (C=O) groups is 2. The number of nitrogens with one attached hydrogen (secondary N) is 3. The van der Waals surface area contributed by atoms with Crippen LogP contribution in [0.5, 0.6) is 0 Å². The van der Waals surface area contributed by atoms with Gasteiger partial charge in [0.05, 0.1) is 13.2 Å². The average Bonchev–Trinajstić information content (AvgIpc) is 2.75. The van der Waals surface area contributed by atoms with Crippen molar-refractivity contribution in [3.05, 3.63) is 81.6 Å². The highest BCUT2D eigenvalue weighted by molar-refractivity contribution is 5.98. The van der Waals surface area contributed by atoms with E-state index in [4.69, 9.17) is 4.74 Å². The quantitative estimate of drug-likeness (QED) is 0.546. The third-order valence-electron chi connectivity index (χ3n) is 4.43. The molecule has 0 aliphatic carbocycles. The van der Waals surface area contributed by atoms with Crippen LogP contribution in [-0.2, 0) is 22.7 Å². The van der Waals surface area contributed by atoms with Crippen LogP contribution >= 0.6 is 0 Å². The normalized spacial score (nSPS) is 10.7. The molecule has 1 heterocycles. The number of ether oxygens (including phenoxy) is 1. The Kier molecular flexibility index (Phi) is 6.76. The van der Waals surface area contributed by atoms with Gasteiger partial charge in [-0.05, 0) is 30.2 Å². The van der Waals surface area contributed by atoms with Gasteiger partial charge in [0, 0.05) is 30.3 Å². The molecule has 0 saturated heterocycles. The van der Waals surface area contributed by atoms with Crippen molar-refractivity contribution in [2.45, 2.75) is 20.1 Å². The van der Waals surface area contributed by atoms with E-state index in [1.165, 1.54) is 6.20 Å². The van der Waals surface area contributed by atoms with Crippen molar-refractivity contribution < 1.29 is 14.3 Å². The summed E-state index contributed by atoms with van der Waals surface area (Å²) in [4.78, 5) is 39.7. The van der Waals surface area contributed by atoms with Crippen LogP contribution in [0.1, 0.15) is 28.4 Å². The summed E-state index contributed by atoms with van der Waals surface area (Å²) in [6, 6.07) is 14.7. The molecule has 7 heteroatoms. The lowest BCUT2D eigenvalue weighted by atomic mass is 10.1. The molecule has 0 unspecified atom stereocenters. The third kappa shape index (κ3) is 5.30. The fourth-order valence-corrected chi connectivity index (χ4v) is 2.83. The SMILES string of the molecule is CCOCc1ccc(CNC(=O)CNC(=O)c2c[nH]c3ccccc3c2=O)cc1. The molecule has 0 saturated carbocycles. The minimum atomic E-state index is -0.590. The van der Waals surface area contributed by atoms with Gasteiger partial charge >= 0.3 is 0 Å². The molecular weight excluding hydrogens is 370 g/mol. The minimum Gasteiger partial charge on any atom is -0.377 e. The first-order valence-electron chi connectivity index (χ1n) is 9.39. The highest BCUT2D eigenvalue weighted by Crippen LogP contribution is 2.07. The van der Waals surface area contributed by atoms with Crippen LogP contribution in [-0.4, -0.2) is 29.9 Å². The lowest BCUT2D eigenvalue weighted by Gasteiger charge is -2.08. The molecule has 3 rings (SSSR count). The Morgan fingerprint density at radius 2 is 1.72 bits per heavy atom. The maximum atomic E-state index is 12.4. The summed E-state index contributed by atoms with van der Waals surface area (Å²) in [7, 11) is 0. The Labute approximate surface area is 168 Å². The Balaban J connectivity index is 1.51. The van der Waals surface area contributed by atoms with Gasteiger partial charge in [0.1, 0.15) is 5.56 Å². The summed E-state index contributed by atoms with van der Waals surface area (Å²) in [5.41, 5.74) is 2.26. The Morgan fingerprint density at radius 1 is 1.00 bits per heavy atom. The van der Waals surface area contributed by atoms with E-state index in [9.17, 15) is 14.4 Å². The molecule has 29 heavy (non-hydrogen) atoms. The first kappa shape index (κ1) is 20.3. The van der Waals surface area contributed by atoms with Gasteiger partial charge in [-0.2, -0.15) is 0 Å². The van der Waals surface area contributed by atoms with Crippen molar-refractivity contribution in [1.82, 2.24) is 15.6 Å². The number of pyridine rings is 1. The zero-order chi connectivity index (χ0) is 20.6. The number of para-hydroxylation sites is 1. The van der Waals surface area contributed by atoms with Crippen LogP contribution in [0.3, 0.4) is 0 Å². The number of fused-ring (bicyclic) bond motifs is 1. The van der Waals surface area contributed by atoms with Crippen LogP contribution in [0, 0.1) is 0 Å². The molecule has 2 amide bonds. The topological polar surface area (TPSA) is 100 Å². The predicted octanol–water partition coefficient (Wildman–Crippen LogP) is 2.11. The van der Waals surface area contributed by atoms with E-state index in [0.29, 0.717) is 30.7 Å². The fourth-order valence-electron chi connectivity index (χ4n) is 2.83.